The van der Waals surface area contributed by atoms with E-state index >= 15 is 0 Å². The summed E-state index contributed by atoms with van der Waals surface area (Å²) in [6, 6.07) is 2.05. The van der Waals surface area contributed by atoms with Gasteiger partial charge in [-0.1, -0.05) is 0 Å². The summed E-state index contributed by atoms with van der Waals surface area (Å²) >= 11 is 1.65. The maximum absolute atomic E-state index is 10.2. The Morgan fingerprint density at radius 2 is 2.24 bits per heavy atom. The predicted octanol–water partition coefficient (Wildman–Crippen LogP) is 2.47. The number of hydrogen-bond acceptors (Lipinski definition) is 6. The van der Waals surface area contributed by atoms with Gasteiger partial charge in [0.25, 0.3) is 0 Å². The van der Waals surface area contributed by atoms with Gasteiger partial charge in [0, 0.05) is 13.6 Å². The smallest absolute Gasteiger partial charge is 0.146 e. The molecule has 1 aliphatic rings. The second kappa shape index (κ2) is 5.87. The fourth-order valence-corrected chi connectivity index (χ4v) is 3.62. The molecule has 2 aromatic heterocycles. The van der Waals surface area contributed by atoms with Gasteiger partial charge in [0.2, 0.25) is 0 Å². The van der Waals surface area contributed by atoms with Crippen LogP contribution in [0, 0.1) is 0 Å². The van der Waals surface area contributed by atoms with E-state index in [0.29, 0.717) is 0 Å². The van der Waals surface area contributed by atoms with Crippen LogP contribution in [-0.2, 0) is 6.54 Å². The van der Waals surface area contributed by atoms with Crippen molar-refractivity contribution in [2.75, 3.05) is 25.5 Å². The number of aromatic nitrogens is 2. The molecule has 114 valence electrons. The summed E-state index contributed by atoms with van der Waals surface area (Å²) in [5, 5.41) is 16.5. The minimum absolute atomic E-state index is 0.524. The highest BCUT2D eigenvalue weighted by atomic mass is 32.1. The largest absolute Gasteiger partial charge is 0.390 e. The lowest BCUT2D eigenvalue weighted by atomic mass is 9.98. The van der Waals surface area contributed by atoms with Crippen LogP contribution in [0.4, 0.5) is 5.82 Å². The highest BCUT2D eigenvalue weighted by molar-refractivity contribution is 7.16. The number of likely N-dealkylation sites (tertiary alicyclic amines) is 1. The molecule has 6 heteroatoms. The number of rotatable bonds is 3. The fraction of sp³-hybridized carbons (Fsp3) is 0.600. The molecule has 0 radical (unpaired) electrons. The summed E-state index contributed by atoms with van der Waals surface area (Å²) in [6.45, 7) is 4.58. The van der Waals surface area contributed by atoms with Gasteiger partial charge >= 0.3 is 0 Å². The molecule has 2 aromatic rings. The topological polar surface area (TPSA) is 61.3 Å². The van der Waals surface area contributed by atoms with Gasteiger partial charge < -0.3 is 10.4 Å². The van der Waals surface area contributed by atoms with Crippen molar-refractivity contribution in [1.82, 2.24) is 14.9 Å². The molecule has 0 bridgehead atoms. The van der Waals surface area contributed by atoms with Gasteiger partial charge in [0.15, 0.2) is 0 Å². The van der Waals surface area contributed by atoms with Crippen molar-refractivity contribution in [1.29, 1.82) is 0 Å². The van der Waals surface area contributed by atoms with Gasteiger partial charge in [0.05, 0.1) is 17.5 Å². The molecule has 3 rings (SSSR count). The van der Waals surface area contributed by atoms with E-state index in [-0.39, 0.29) is 0 Å². The first-order chi connectivity index (χ1) is 10.1. The van der Waals surface area contributed by atoms with E-state index in [0.717, 1.165) is 60.8 Å². The van der Waals surface area contributed by atoms with Crippen molar-refractivity contribution >= 4 is 27.4 Å². The molecule has 3 heterocycles. The summed E-state index contributed by atoms with van der Waals surface area (Å²) in [4.78, 5) is 12.7. The summed E-state index contributed by atoms with van der Waals surface area (Å²) in [5.74, 6) is 1.76. The van der Waals surface area contributed by atoms with Crippen LogP contribution in [0.15, 0.2) is 11.4 Å². The lowest BCUT2D eigenvalue weighted by Gasteiger charge is -2.22. The third-order valence-corrected chi connectivity index (χ3v) is 4.94. The van der Waals surface area contributed by atoms with E-state index in [2.05, 4.69) is 26.3 Å². The highest BCUT2D eigenvalue weighted by Gasteiger charge is 2.25. The quantitative estimate of drug-likeness (QED) is 0.912. The van der Waals surface area contributed by atoms with Gasteiger partial charge in [-0.15, -0.1) is 11.3 Å². The Labute approximate surface area is 129 Å². The fourth-order valence-electron chi connectivity index (χ4n) is 2.84. The summed E-state index contributed by atoms with van der Waals surface area (Å²) in [6.07, 6.45) is 2.70. The number of hydrogen-bond donors (Lipinski definition) is 2. The van der Waals surface area contributed by atoms with Crippen LogP contribution < -0.4 is 5.32 Å². The van der Waals surface area contributed by atoms with Crippen LogP contribution in [0.3, 0.4) is 0 Å². The van der Waals surface area contributed by atoms with Gasteiger partial charge in [0.1, 0.15) is 16.5 Å². The summed E-state index contributed by atoms with van der Waals surface area (Å²) < 4.78 is 0. The predicted molar refractivity (Wildman–Crippen MR) is 86.7 cm³/mol. The van der Waals surface area contributed by atoms with Crippen LogP contribution in [0.1, 0.15) is 32.0 Å². The molecule has 1 fully saturated rings. The number of fused-ring (bicyclic) bond motifs is 1. The van der Waals surface area contributed by atoms with E-state index in [4.69, 9.17) is 0 Å². The first-order valence-electron chi connectivity index (χ1n) is 7.44. The molecule has 0 saturated carbocycles. The lowest BCUT2D eigenvalue weighted by molar-refractivity contribution is 0.0443. The lowest BCUT2D eigenvalue weighted by Crippen LogP contribution is -2.28. The van der Waals surface area contributed by atoms with Gasteiger partial charge in [-0.05, 0) is 44.2 Å². The molecule has 0 aliphatic carbocycles. The maximum Gasteiger partial charge on any atom is 0.146 e. The van der Waals surface area contributed by atoms with Crippen molar-refractivity contribution in [2.24, 2.45) is 0 Å². The average molecular weight is 306 g/mol. The highest BCUT2D eigenvalue weighted by Crippen LogP contribution is 2.26. The number of thiophene rings is 1. The summed E-state index contributed by atoms with van der Waals surface area (Å²) in [7, 11) is 1.90. The minimum Gasteiger partial charge on any atom is -0.390 e. The van der Waals surface area contributed by atoms with E-state index in [1.807, 2.05) is 19.4 Å². The maximum atomic E-state index is 10.2. The zero-order valence-electron chi connectivity index (χ0n) is 12.6. The van der Waals surface area contributed by atoms with Crippen molar-refractivity contribution < 1.29 is 5.11 Å². The van der Waals surface area contributed by atoms with Crippen molar-refractivity contribution in [2.45, 2.75) is 38.3 Å². The standard InChI is InChI=1S/C15H22N4OS/c1-15(20)5-3-7-19(8-6-15)10-12-17-13(16-2)11-4-9-21-14(11)18-12/h4,9,20H,3,5-8,10H2,1-2H3,(H,16,17,18). The Morgan fingerprint density at radius 1 is 1.38 bits per heavy atom. The molecule has 1 atom stereocenters. The number of nitrogens with zero attached hydrogens (tertiary/aromatic N) is 3. The van der Waals surface area contributed by atoms with E-state index < -0.39 is 5.60 Å². The number of aliphatic hydroxyl groups is 1. The molecule has 1 unspecified atom stereocenters. The third kappa shape index (κ3) is 3.33. The molecule has 0 amide bonds. The van der Waals surface area contributed by atoms with E-state index in [1.54, 1.807) is 11.3 Å². The zero-order valence-corrected chi connectivity index (χ0v) is 13.4. The van der Waals surface area contributed by atoms with Crippen LogP contribution in [-0.4, -0.2) is 45.7 Å². The minimum atomic E-state index is -0.524. The Balaban J connectivity index is 1.78. The second-order valence-electron chi connectivity index (χ2n) is 6.00. The Kier molecular flexibility index (Phi) is 4.10. The molecule has 0 aromatic carbocycles. The van der Waals surface area contributed by atoms with Crippen LogP contribution in [0.25, 0.3) is 10.2 Å². The van der Waals surface area contributed by atoms with Crippen molar-refractivity contribution in [3.05, 3.63) is 17.3 Å². The van der Waals surface area contributed by atoms with E-state index in [9.17, 15) is 5.11 Å². The summed E-state index contributed by atoms with van der Waals surface area (Å²) in [5.41, 5.74) is -0.524. The van der Waals surface area contributed by atoms with Crippen LogP contribution in [0.5, 0.6) is 0 Å². The van der Waals surface area contributed by atoms with Gasteiger partial charge in [-0.2, -0.15) is 0 Å². The molecule has 21 heavy (non-hydrogen) atoms. The molecule has 5 nitrogen and oxygen atoms in total. The molecule has 1 aliphatic heterocycles. The second-order valence-corrected chi connectivity index (χ2v) is 6.90. The number of anilines is 1. The third-order valence-electron chi connectivity index (χ3n) is 4.13. The van der Waals surface area contributed by atoms with Crippen LogP contribution >= 0.6 is 11.3 Å². The van der Waals surface area contributed by atoms with Crippen molar-refractivity contribution in [3.63, 3.8) is 0 Å². The SMILES string of the molecule is CNc1nc(CN2CCCC(C)(O)CC2)nc2sccc12. The average Bonchev–Trinajstić information content (AvgIpc) is 2.85. The normalized spacial score (nSPS) is 24.1. The number of nitrogens with one attached hydrogen (secondary N) is 1. The monoisotopic (exact) mass is 306 g/mol. The molecule has 1 saturated heterocycles. The molecular formula is C15H22N4OS. The van der Waals surface area contributed by atoms with Gasteiger partial charge in [-0.3, -0.25) is 4.90 Å². The molecular weight excluding hydrogens is 284 g/mol. The van der Waals surface area contributed by atoms with Gasteiger partial charge in [-0.25, -0.2) is 9.97 Å². The molecule has 2 N–H and O–H groups in total. The first-order valence-corrected chi connectivity index (χ1v) is 8.32. The molecule has 0 spiro atoms. The Morgan fingerprint density at radius 3 is 3.05 bits per heavy atom. The van der Waals surface area contributed by atoms with Crippen molar-refractivity contribution in [3.8, 4) is 0 Å². The van der Waals surface area contributed by atoms with E-state index in [1.165, 1.54) is 0 Å². The first kappa shape index (κ1) is 14.7. The van der Waals surface area contributed by atoms with Crippen LogP contribution in [0.2, 0.25) is 0 Å². The zero-order chi connectivity index (χ0) is 14.9. The Bertz CT molecular complexity index is 625. The Hall–Kier alpha value is -1.24.